The van der Waals surface area contributed by atoms with E-state index >= 15 is 0 Å². The van der Waals surface area contributed by atoms with Gasteiger partial charge in [0.15, 0.2) is 0 Å². The average Bonchev–Trinajstić information content (AvgIpc) is 2.92. The number of furan rings is 1. The van der Waals surface area contributed by atoms with Gasteiger partial charge >= 0.3 is 6.03 Å². The Labute approximate surface area is 119 Å². The van der Waals surface area contributed by atoms with Crippen LogP contribution in [0.5, 0.6) is 0 Å². The highest BCUT2D eigenvalue weighted by Gasteiger charge is 2.27. The van der Waals surface area contributed by atoms with Crippen LogP contribution in [0.3, 0.4) is 0 Å². The van der Waals surface area contributed by atoms with Crippen molar-refractivity contribution in [1.29, 1.82) is 0 Å². The van der Waals surface area contributed by atoms with E-state index in [1.54, 1.807) is 12.1 Å². The molecule has 2 amide bonds. The lowest BCUT2D eigenvalue weighted by atomic mass is 9.76. The summed E-state index contributed by atoms with van der Waals surface area (Å²) in [5.41, 5.74) is 0.393. The van der Waals surface area contributed by atoms with E-state index in [1.807, 2.05) is 0 Å². The van der Waals surface area contributed by atoms with Gasteiger partial charge in [-0.3, -0.25) is 0 Å². The smallest absolute Gasteiger partial charge is 0.315 e. The van der Waals surface area contributed by atoms with Crippen LogP contribution in [0.4, 0.5) is 4.79 Å². The molecule has 1 saturated carbocycles. The van der Waals surface area contributed by atoms with Crippen molar-refractivity contribution in [2.45, 2.75) is 51.7 Å². The van der Waals surface area contributed by atoms with Crippen molar-refractivity contribution in [3.05, 3.63) is 24.2 Å². The van der Waals surface area contributed by atoms with Crippen molar-refractivity contribution in [1.82, 2.24) is 10.6 Å². The van der Waals surface area contributed by atoms with Gasteiger partial charge < -0.3 is 20.2 Å². The summed E-state index contributed by atoms with van der Waals surface area (Å²) in [5, 5.41) is 15.4. The van der Waals surface area contributed by atoms with E-state index in [2.05, 4.69) is 24.5 Å². The number of hydrogen-bond acceptors (Lipinski definition) is 3. The van der Waals surface area contributed by atoms with Crippen molar-refractivity contribution in [3.63, 3.8) is 0 Å². The zero-order valence-corrected chi connectivity index (χ0v) is 12.2. The molecule has 2 rings (SSSR count). The maximum atomic E-state index is 11.8. The summed E-state index contributed by atoms with van der Waals surface area (Å²) in [7, 11) is 0. The van der Waals surface area contributed by atoms with Crippen LogP contribution in [0.1, 0.15) is 51.4 Å². The second-order valence-corrected chi connectivity index (χ2v) is 6.32. The van der Waals surface area contributed by atoms with Crippen LogP contribution in [-0.4, -0.2) is 23.7 Å². The van der Waals surface area contributed by atoms with Crippen LogP contribution in [0.15, 0.2) is 22.8 Å². The Hall–Kier alpha value is -1.49. The molecule has 0 spiro atoms. The number of hydrogen-bond donors (Lipinski definition) is 3. The molecule has 0 saturated heterocycles. The fourth-order valence-electron chi connectivity index (χ4n) is 2.55. The molecule has 5 heteroatoms. The number of carbonyl (C=O) groups excluding carboxylic acids is 1. The molecule has 0 bridgehead atoms. The first-order chi connectivity index (χ1) is 9.46. The molecular weight excluding hydrogens is 256 g/mol. The molecule has 5 nitrogen and oxygen atoms in total. The minimum Gasteiger partial charge on any atom is -0.467 e. The van der Waals surface area contributed by atoms with Crippen LogP contribution in [0.2, 0.25) is 0 Å². The first-order valence-electron chi connectivity index (χ1n) is 7.22. The van der Waals surface area contributed by atoms with Gasteiger partial charge in [-0.2, -0.15) is 0 Å². The molecule has 0 aliphatic heterocycles. The van der Waals surface area contributed by atoms with Crippen molar-refractivity contribution >= 4 is 6.03 Å². The Kier molecular flexibility index (Phi) is 4.70. The molecule has 0 aromatic carbocycles. The molecule has 1 aromatic rings. The summed E-state index contributed by atoms with van der Waals surface area (Å²) in [5.74, 6) is 0.463. The number of carbonyl (C=O) groups is 1. The van der Waals surface area contributed by atoms with Gasteiger partial charge in [0.1, 0.15) is 11.9 Å². The third-order valence-electron chi connectivity index (χ3n) is 4.00. The summed E-state index contributed by atoms with van der Waals surface area (Å²) >= 11 is 0. The normalized spacial score (nSPS) is 20.4. The van der Waals surface area contributed by atoms with Crippen LogP contribution in [0.25, 0.3) is 0 Å². The zero-order valence-electron chi connectivity index (χ0n) is 12.2. The van der Waals surface area contributed by atoms with Crippen molar-refractivity contribution in [2.75, 3.05) is 6.54 Å². The van der Waals surface area contributed by atoms with E-state index in [-0.39, 0.29) is 18.6 Å². The van der Waals surface area contributed by atoms with E-state index in [9.17, 15) is 9.90 Å². The molecule has 112 valence electrons. The standard InChI is InChI=1S/C15H24N2O3/c1-15(2)7-5-11(6-8-15)17-14(19)16-10-12(18)13-4-3-9-20-13/h3-4,9,11-12,18H,5-8,10H2,1-2H3,(H2,16,17,19). The number of urea groups is 1. The lowest BCUT2D eigenvalue weighted by Gasteiger charge is -2.34. The Morgan fingerprint density at radius 2 is 2.20 bits per heavy atom. The summed E-state index contributed by atoms with van der Waals surface area (Å²) in [6.07, 6.45) is 4.99. The maximum Gasteiger partial charge on any atom is 0.315 e. The predicted molar refractivity (Wildman–Crippen MR) is 76.2 cm³/mol. The van der Waals surface area contributed by atoms with Crippen molar-refractivity contribution in [2.24, 2.45) is 5.41 Å². The fourth-order valence-corrected chi connectivity index (χ4v) is 2.55. The van der Waals surface area contributed by atoms with Crippen LogP contribution in [-0.2, 0) is 0 Å². The number of aliphatic hydroxyl groups is 1. The van der Waals surface area contributed by atoms with Crippen LogP contribution < -0.4 is 10.6 Å². The van der Waals surface area contributed by atoms with Gasteiger partial charge in [0.05, 0.1) is 12.8 Å². The van der Waals surface area contributed by atoms with Gasteiger partial charge in [0, 0.05) is 6.04 Å². The Morgan fingerprint density at radius 1 is 1.50 bits per heavy atom. The second-order valence-electron chi connectivity index (χ2n) is 6.32. The molecule has 1 heterocycles. The quantitative estimate of drug-likeness (QED) is 0.793. The number of aliphatic hydroxyl groups excluding tert-OH is 1. The number of rotatable bonds is 4. The predicted octanol–water partition coefficient (Wildman–Crippen LogP) is 2.58. The lowest BCUT2D eigenvalue weighted by Crippen LogP contribution is -2.45. The Morgan fingerprint density at radius 3 is 2.80 bits per heavy atom. The van der Waals surface area contributed by atoms with Crippen LogP contribution in [0, 0.1) is 5.41 Å². The number of amides is 2. The first-order valence-corrected chi connectivity index (χ1v) is 7.22. The molecule has 1 aliphatic carbocycles. The molecule has 1 unspecified atom stereocenters. The van der Waals surface area contributed by atoms with E-state index < -0.39 is 6.10 Å². The third kappa shape index (κ3) is 4.27. The summed E-state index contributed by atoms with van der Waals surface area (Å²) in [6, 6.07) is 3.42. The maximum absolute atomic E-state index is 11.8. The first kappa shape index (κ1) is 14.9. The second kappa shape index (κ2) is 6.31. The molecule has 0 radical (unpaired) electrons. The van der Waals surface area contributed by atoms with Gasteiger partial charge in [-0.15, -0.1) is 0 Å². The van der Waals surface area contributed by atoms with Crippen LogP contribution >= 0.6 is 0 Å². The molecule has 1 aliphatic rings. The van der Waals surface area contributed by atoms with Gasteiger partial charge in [-0.05, 0) is 43.2 Å². The highest BCUT2D eigenvalue weighted by Crippen LogP contribution is 2.34. The molecule has 3 N–H and O–H groups in total. The minimum absolute atomic E-state index is 0.150. The number of nitrogens with one attached hydrogen (secondary N) is 2. The highest BCUT2D eigenvalue weighted by molar-refractivity contribution is 5.74. The van der Waals surface area contributed by atoms with Gasteiger partial charge in [-0.25, -0.2) is 4.79 Å². The molecule has 1 atom stereocenters. The topological polar surface area (TPSA) is 74.5 Å². The highest BCUT2D eigenvalue weighted by atomic mass is 16.4. The minimum atomic E-state index is -0.805. The van der Waals surface area contributed by atoms with Crippen molar-refractivity contribution in [3.8, 4) is 0 Å². The summed E-state index contributed by atoms with van der Waals surface area (Å²) in [4.78, 5) is 11.8. The SMILES string of the molecule is CC1(C)CCC(NC(=O)NCC(O)c2ccco2)CC1. The molecule has 1 fully saturated rings. The molecular formula is C15H24N2O3. The Balaban J connectivity index is 1.68. The Bertz CT molecular complexity index is 418. The van der Waals surface area contributed by atoms with Gasteiger partial charge in [0.25, 0.3) is 0 Å². The van der Waals surface area contributed by atoms with Gasteiger partial charge in [0.2, 0.25) is 0 Å². The summed E-state index contributed by atoms with van der Waals surface area (Å²) < 4.78 is 5.08. The van der Waals surface area contributed by atoms with E-state index in [0.717, 1.165) is 25.7 Å². The van der Waals surface area contributed by atoms with E-state index in [0.29, 0.717) is 11.2 Å². The molecule has 1 aromatic heterocycles. The average molecular weight is 280 g/mol. The van der Waals surface area contributed by atoms with Crippen molar-refractivity contribution < 1.29 is 14.3 Å². The van der Waals surface area contributed by atoms with Gasteiger partial charge in [-0.1, -0.05) is 13.8 Å². The zero-order chi connectivity index (χ0) is 14.6. The monoisotopic (exact) mass is 280 g/mol. The summed E-state index contributed by atoms with van der Waals surface area (Å²) in [6.45, 7) is 4.68. The fraction of sp³-hybridized carbons (Fsp3) is 0.667. The molecule has 20 heavy (non-hydrogen) atoms. The largest absolute Gasteiger partial charge is 0.467 e. The third-order valence-corrected chi connectivity index (χ3v) is 4.00. The lowest BCUT2D eigenvalue weighted by molar-refractivity contribution is 0.146. The van der Waals surface area contributed by atoms with E-state index in [4.69, 9.17) is 4.42 Å². The van der Waals surface area contributed by atoms with E-state index in [1.165, 1.54) is 6.26 Å².